The average molecular weight is 354 g/mol. The molecular weight excluding hydrogens is 341 g/mol. The van der Waals surface area contributed by atoms with Crippen LogP contribution in [0.3, 0.4) is 0 Å². The molecule has 0 aliphatic rings. The Morgan fingerprint density at radius 1 is 1.29 bits per heavy atom. The van der Waals surface area contributed by atoms with E-state index in [1.165, 1.54) is 30.0 Å². The lowest BCUT2D eigenvalue weighted by molar-refractivity contribution is -0.145. The van der Waals surface area contributed by atoms with Gasteiger partial charge < -0.3 is 0 Å². The summed E-state index contributed by atoms with van der Waals surface area (Å²) in [4.78, 5) is 15.4. The van der Waals surface area contributed by atoms with E-state index in [4.69, 9.17) is 0 Å². The van der Waals surface area contributed by atoms with E-state index < -0.39 is 12.0 Å². The van der Waals surface area contributed by atoms with E-state index in [9.17, 15) is 18.0 Å². The molecule has 24 heavy (non-hydrogen) atoms. The third kappa shape index (κ3) is 2.95. The Labute approximate surface area is 139 Å². The van der Waals surface area contributed by atoms with Crippen molar-refractivity contribution in [3.63, 3.8) is 0 Å². The molecule has 0 radical (unpaired) electrons. The zero-order valence-corrected chi connectivity index (χ0v) is 13.6. The summed E-state index contributed by atoms with van der Waals surface area (Å²) in [6, 6.07) is 4.40. The van der Waals surface area contributed by atoms with Gasteiger partial charge in [-0.05, 0) is 24.1 Å². The summed E-state index contributed by atoms with van der Waals surface area (Å²) in [7, 11) is 0. The zero-order chi connectivity index (χ0) is 17.5. The van der Waals surface area contributed by atoms with Crippen LogP contribution in [0.5, 0.6) is 0 Å². The van der Waals surface area contributed by atoms with Crippen LogP contribution in [-0.4, -0.2) is 31.6 Å². The van der Waals surface area contributed by atoms with Gasteiger partial charge in [0.1, 0.15) is 11.3 Å². The van der Waals surface area contributed by atoms with Gasteiger partial charge >= 0.3 is 6.18 Å². The number of alkyl halides is 3. The molecule has 5 nitrogen and oxygen atoms in total. The van der Waals surface area contributed by atoms with E-state index in [0.717, 1.165) is 4.40 Å². The summed E-state index contributed by atoms with van der Waals surface area (Å²) >= 11 is 1.34. The predicted octanol–water partition coefficient (Wildman–Crippen LogP) is 3.86. The number of carbonyl (C=O) groups excluding carboxylic acids is 1. The first-order valence-electron chi connectivity index (χ1n) is 7.15. The van der Waals surface area contributed by atoms with Crippen LogP contribution < -0.4 is 0 Å². The highest BCUT2D eigenvalue weighted by Gasteiger charge is 2.38. The van der Waals surface area contributed by atoms with Crippen molar-refractivity contribution in [2.45, 2.75) is 25.0 Å². The lowest BCUT2D eigenvalue weighted by Gasteiger charge is -2.10. The van der Waals surface area contributed by atoms with Crippen LogP contribution in [-0.2, 0) is 6.18 Å². The molecule has 0 spiro atoms. The van der Waals surface area contributed by atoms with Gasteiger partial charge in [-0.2, -0.15) is 13.2 Å². The third-order valence-electron chi connectivity index (χ3n) is 3.26. The molecule has 0 N–H and O–H groups in total. The van der Waals surface area contributed by atoms with Gasteiger partial charge in [-0.3, -0.25) is 9.20 Å². The van der Waals surface area contributed by atoms with E-state index in [1.807, 2.05) is 13.8 Å². The molecule has 0 unspecified atom stereocenters. The van der Waals surface area contributed by atoms with E-state index >= 15 is 0 Å². The van der Waals surface area contributed by atoms with E-state index in [-0.39, 0.29) is 16.7 Å². The fourth-order valence-electron chi connectivity index (χ4n) is 2.22. The maximum Gasteiger partial charge on any atom is 0.452 e. The zero-order valence-electron chi connectivity index (χ0n) is 12.8. The lowest BCUT2D eigenvalue weighted by atomic mass is 10.2. The summed E-state index contributed by atoms with van der Waals surface area (Å²) in [5, 5.41) is 7.38. The fraction of sp³-hybridized carbons (Fsp3) is 0.333. The highest BCUT2D eigenvalue weighted by Crippen LogP contribution is 2.33. The van der Waals surface area contributed by atoms with E-state index in [0.29, 0.717) is 28.5 Å². The number of halogens is 3. The highest BCUT2D eigenvalue weighted by atomic mass is 32.2. The average Bonchev–Trinajstić information content (AvgIpc) is 2.97. The maximum absolute atomic E-state index is 13.3. The fourth-order valence-corrected chi connectivity index (χ4v) is 3.14. The largest absolute Gasteiger partial charge is 0.452 e. The molecule has 1 aromatic carbocycles. The van der Waals surface area contributed by atoms with Crippen molar-refractivity contribution in [3.8, 4) is 0 Å². The predicted molar refractivity (Wildman–Crippen MR) is 84.2 cm³/mol. The number of thioether (sulfide) groups is 1. The molecule has 0 fully saturated rings. The molecule has 0 atom stereocenters. The summed E-state index contributed by atoms with van der Waals surface area (Å²) in [5.74, 6) is -0.0937. The second-order valence-electron chi connectivity index (χ2n) is 5.67. The number of benzene rings is 1. The number of aromatic nitrogens is 4. The molecule has 3 aromatic rings. The Balaban J connectivity index is 2.34. The molecule has 3 rings (SSSR count). The van der Waals surface area contributed by atoms with Crippen LogP contribution in [0.1, 0.15) is 30.0 Å². The second-order valence-corrected chi connectivity index (χ2v) is 6.68. The number of aldehydes is 1. The third-order valence-corrected chi connectivity index (χ3v) is 4.64. The first kappa shape index (κ1) is 16.7. The summed E-state index contributed by atoms with van der Waals surface area (Å²) in [6.45, 7) is 4.01. The molecule has 2 aromatic heterocycles. The smallest absolute Gasteiger partial charge is 0.298 e. The van der Waals surface area contributed by atoms with Gasteiger partial charge in [0.15, 0.2) is 5.65 Å². The molecular formula is C15H13F3N4OS. The van der Waals surface area contributed by atoms with Crippen LogP contribution in [0.15, 0.2) is 23.2 Å². The summed E-state index contributed by atoms with van der Waals surface area (Å²) in [5.41, 5.74) is 0.809. The summed E-state index contributed by atoms with van der Waals surface area (Å²) in [6.07, 6.45) is -4.09. The Bertz CT molecular complexity index is 920. The Morgan fingerprint density at radius 3 is 2.67 bits per heavy atom. The molecule has 126 valence electrons. The van der Waals surface area contributed by atoms with Gasteiger partial charge in [-0.25, -0.2) is 4.98 Å². The second kappa shape index (κ2) is 6.04. The van der Waals surface area contributed by atoms with Gasteiger partial charge in [-0.1, -0.05) is 13.8 Å². The van der Waals surface area contributed by atoms with Crippen molar-refractivity contribution < 1.29 is 18.0 Å². The van der Waals surface area contributed by atoms with Crippen molar-refractivity contribution in [1.82, 2.24) is 19.6 Å². The minimum Gasteiger partial charge on any atom is -0.298 e. The van der Waals surface area contributed by atoms with Gasteiger partial charge in [0.25, 0.3) is 0 Å². The normalized spacial score (nSPS) is 12.4. The number of rotatable bonds is 4. The monoisotopic (exact) mass is 354 g/mol. The van der Waals surface area contributed by atoms with Crippen LogP contribution in [0.2, 0.25) is 0 Å². The van der Waals surface area contributed by atoms with Crippen LogP contribution in [0, 0.1) is 5.92 Å². The van der Waals surface area contributed by atoms with E-state index in [1.54, 1.807) is 0 Å². The topological polar surface area (TPSA) is 60.2 Å². The van der Waals surface area contributed by atoms with Crippen molar-refractivity contribution in [3.05, 3.63) is 29.6 Å². The lowest BCUT2D eigenvalue weighted by Crippen LogP contribution is -2.12. The van der Waals surface area contributed by atoms with E-state index in [2.05, 4.69) is 15.2 Å². The molecule has 0 saturated carbocycles. The number of hydrogen-bond donors (Lipinski definition) is 0. The van der Waals surface area contributed by atoms with Crippen molar-refractivity contribution in [2.24, 2.45) is 5.92 Å². The Hall–Kier alpha value is -2.16. The Morgan fingerprint density at radius 2 is 2.04 bits per heavy atom. The summed E-state index contributed by atoms with van der Waals surface area (Å²) < 4.78 is 40.8. The first-order valence-corrected chi connectivity index (χ1v) is 8.14. The Kier molecular flexibility index (Phi) is 4.20. The quantitative estimate of drug-likeness (QED) is 0.526. The molecule has 0 bridgehead atoms. The minimum atomic E-state index is -4.66. The van der Waals surface area contributed by atoms with Crippen molar-refractivity contribution in [1.29, 1.82) is 0 Å². The SMILES string of the molecule is CC(C)CSc1nc2ccc(C=O)cc2n2c(C(F)(F)F)nnc12. The van der Waals surface area contributed by atoms with Crippen molar-refractivity contribution >= 4 is 34.7 Å². The molecule has 0 saturated heterocycles. The standard InChI is InChI=1S/C15H13F3N4OS/c1-8(2)7-24-13-12-20-21-14(15(16,17)18)22(12)11-5-9(6-23)3-4-10(11)19-13/h3-6,8H,7H2,1-2H3. The minimum absolute atomic E-state index is 0.0449. The van der Waals surface area contributed by atoms with Crippen LogP contribution in [0.25, 0.3) is 16.7 Å². The van der Waals surface area contributed by atoms with Crippen molar-refractivity contribution in [2.75, 3.05) is 5.75 Å². The van der Waals surface area contributed by atoms with Gasteiger partial charge in [0.05, 0.1) is 11.0 Å². The van der Waals surface area contributed by atoms with Crippen LogP contribution in [0.4, 0.5) is 13.2 Å². The van der Waals surface area contributed by atoms with Gasteiger partial charge in [-0.15, -0.1) is 22.0 Å². The van der Waals surface area contributed by atoms with Gasteiger partial charge in [0, 0.05) is 11.3 Å². The highest BCUT2D eigenvalue weighted by molar-refractivity contribution is 7.99. The maximum atomic E-state index is 13.3. The number of hydrogen-bond acceptors (Lipinski definition) is 5. The first-order chi connectivity index (χ1) is 11.3. The molecule has 0 amide bonds. The molecule has 0 aliphatic heterocycles. The molecule has 9 heteroatoms. The number of nitrogens with zero attached hydrogens (tertiary/aromatic N) is 4. The number of carbonyl (C=O) groups is 1. The molecule has 2 heterocycles. The molecule has 0 aliphatic carbocycles. The van der Waals surface area contributed by atoms with Crippen LogP contribution >= 0.6 is 11.8 Å². The van der Waals surface area contributed by atoms with Gasteiger partial charge in [0.2, 0.25) is 5.82 Å². The number of fused-ring (bicyclic) bond motifs is 3.